The van der Waals surface area contributed by atoms with Gasteiger partial charge in [0, 0.05) is 6.42 Å². The monoisotopic (exact) mass is 262 g/mol. The van der Waals surface area contributed by atoms with E-state index in [1.54, 1.807) is 6.92 Å². The van der Waals surface area contributed by atoms with Gasteiger partial charge in [0.25, 0.3) is 0 Å². The van der Waals surface area contributed by atoms with Crippen LogP contribution in [-0.4, -0.2) is 18.4 Å². The molecular weight excluding hydrogens is 240 g/mol. The summed E-state index contributed by atoms with van der Waals surface area (Å²) in [6.45, 7) is 10.2. The van der Waals surface area contributed by atoms with Gasteiger partial charge < -0.3 is 4.74 Å². The number of carbonyl (C=O) groups is 2. The molecule has 0 spiro atoms. The normalized spacial score (nSPS) is 10.4. The molecular formula is C16H22O3. The van der Waals surface area contributed by atoms with Gasteiger partial charge in [-0.05, 0) is 62.4 Å². The molecule has 0 aliphatic carbocycles. The van der Waals surface area contributed by atoms with Gasteiger partial charge in [-0.25, -0.2) is 0 Å². The first kappa shape index (κ1) is 15.4. The van der Waals surface area contributed by atoms with Crippen LogP contribution in [0.2, 0.25) is 0 Å². The third-order valence-electron chi connectivity index (χ3n) is 3.54. The Balaban J connectivity index is 2.88. The Hall–Kier alpha value is -1.64. The van der Waals surface area contributed by atoms with Gasteiger partial charge in [0.1, 0.15) is 12.2 Å². The summed E-state index contributed by atoms with van der Waals surface area (Å²) in [6.07, 6.45) is 0.165. The number of ketones is 1. The highest BCUT2D eigenvalue weighted by Gasteiger charge is 2.15. The second-order valence-electron chi connectivity index (χ2n) is 4.94. The van der Waals surface area contributed by atoms with Crippen LogP contribution in [0.3, 0.4) is 0 Å². The number of aryl methyl sites for hydroxylation is 2. The third kappa shape index (κ3) is 3.91. The minimum Gasteiger partial charge on any atom is -0.466 e. The molecule has 104 valence electrons. The average molecular weight is 262 g/mol. The van der Waals surface area contributed by atoms with Crippen LogP contribution in [-0.2, 0) is 20.7 Å². The summed E-state index contributed by atoms with van der Waals surface area (Å²) in [5.74, 6) is -0.526. The number of benzene rings is 1. The summed E-state index contributed by atoms with van der Waals surface area (Å²) in [7, 11) is 0. The molecule has 1 aromatic rings. The van der Waals surface area contributed by atoms with Crippen molar-refractivity contribution < 1.29 is 14.3 Å². The Morgan fingerprint density at radius 3 is 2.05 bits per heavy atom. The number of ether oxygens (including phenoxy) is 1. The molecule has 0 amide bonds. The van der Waals surface area contributed by atoms with E-state index in [1.165, 1.54) is 11.1 Å². The van der Waals surface area contributed by atoms with Crippen molar-refractivity contribution in [1.29, 1.82) is 0 Å². The molecule has 0 aliphatic rings. The number of hydrogen-bond acceptors (Lipinski definition) is 3. The summed E-state index contributed by atoms with van der Waals surface area (Å²) in [5, 5.41) is 0. The van der Waals surface area contributed by atoms with E-state index in [1.807, 2.05) is 27.7 Å². The van der Waals surface area contributed by atoms with Gasteiger partial charge >= 0.3 is 5.97 Å². The van der Waals surface area contributed by atoms with Crippen LogP contribution in [0.15, 0.2) is 6.07 Å². The zero-order valence-corrected chi connectivity index (χ0v) is 12.4. The van der Waals surface area contributed by atoms with Crippen molar-refractivity contribution in [1.82, 2.24) is 0 Å². The molecule has 0 N–H and O–H groups in total. The highest BCUT2D eigenvalue weighted by atomic mass is 16.5. The lowest BCUT2D eigenvalue weighted by Gasteiger charge is -2.14. The predicted molar refractivity (Wildman–Crippen MR) is 75.4 cm³/mol. The zero-order valence-electron chi connectivity index (χ0n) is 12.4. The van der Waals surface area contributed by atoms with Crippen LogP contribution in [0.4, 0.5) is 0 Å². The fourth-order valence-corrected chi connectivity index (χ4v) is 2.20. The minimum absolute atomic E-state index is 0.0883. The van der Waals surface area contributed by atoms with E-state index in [9.17, 15) is 9.59 Å². The summed E-state index contributed by atoms with van der Waals surface area (Å²) < 4.78 is 4.80. The van der Waals surface area contributed by atoms with E-state index in [0.717, 1.165) is 16.7 Å². The lowest BCUT2D eigenvalue weighted by atomic mass is 9.91. The van der Waals surface area contributed by atoms with Crippen molar-refractivity contribution in [3.63, 3.8) is 0 Å². The fraction of sp³-hybridized carbons (Fsp3) is 0.500. The van der Waals surface area contributed by atoms with Crippen LogP contribution in [0, 0.1) is 27.7 Å². The Morgan fingerprint density at radius 1 is 1.05 bits per heavy atom. The molecule has 0 aliphatic heterocycles. The van der Waals surface area contributed by atoms with Crippen molar-refractivity contribution in [2.24, 2.45) is 0 Å². The van der Waals surface area contributed by atoms with E-state index in [-0.39, 0.29) is 12.2 Å². The number of Topliss-reactive ketones (excluding diaryl/α,β-unsaturated/α-hetero) is 1. The van der Waals surface area contributed by atoms with Gasteiger partial charge in [-0.15, -0.1) is 0 Å². The molecule has 0 saturated carbocycles. The smallest absolute Gasteiger partial charge is 0.313 e. The SMILES string of the molecule is CCOC(=O)CC(=O)Cc1c(C)c(C)cc(C)c1C. The maximum atomic E-state index is 11.9. The van der Waals surface area contributed by atoms with E-state index in [0.29, 0.717) is 13.0 Å². The highest BCUT2D eigenvalue weighted by Crippen LogP contribution is 2.22. The zero-order chi connectivity index (χ0) is 14.6. The van der Waals surface area contributed by atoms with Crippen molar-refractivity contribution in [2.75, 3.05) is 6.61 Å². The molecule has 0 heterocycles. The van der Waals surface area contributed by atoms with E-state index in [4.69, 9.17) is 4.74 Å². The molecule has 3 heteroatoms. The molecule has 0 fully saturated rings. The van der Waals surface area contributed by atoms with Crippen LogP contribution in [0.5, 0.6) is 0 Å². The lowest BCUT2D eigenvalue weighted by molar-refractivity contribution is -0.145. The standard InChI is InChI=1S/C16H22O3/c1-6-19-16(18)9-14(17)8-15-12(4)10(2)7-11(3)13(15)5/h7H,6,8-9H2,1-5H3. The first-order valence-electron chi connectivity index (χ1n) is 6.60. The molecule has 3 nitrogen and oxygen atoms in total. The molecule has 1 rings (SSSR count). The van der Waals surface area contributed by atoms with Gasteiger partial charge in [-0.1, -0.05) is 6.07 Å². The summed E-state index contributed by atoms with van der Waals surface area (Å²) in [6, 6.07) is 2.13. The average Bonchev–Trinajstić information content (AvgIpc) is 2.32. The quantitative estimate of drug-likeness (QED) is 0.605. The van der Waals surface area contributed by atoms with Crippen LogP contribution < -0.4 is 0 Å². The second kappa shape index (κ2) is 6.50. The number of rotatable bonds is 5. The topological polar surface area (TPSA) is 43.4 Å². The van der Waals surface area contributed by atoms with Crippen molar-refractivity contribution in [3.05, 3.63) is 33.9 Å². The Morgan fingerprint density at radius 2 is 1.58 bits per heavy atom. The van der Waals surface area contributed by atoms with Gasteiger partial charge in [0.2, 0.25) is 0 Å². The van der Waals surface area contributed by atoms with Gasteiger partial charge in [0.15, 0.2) is 0 Å². The Kier molecular flexibility index (Phi) is 5.28. The van der Waals surface area contributed by atoms with Gasteiger partial charge in [-0.2, -0.15) is 0 Å². The van der Waals surface area contributed by atoms with E-state index >= 15 is 0 Å². The second-order valence-corrected chi connectivity index (χ2v) is 4.94. The van der Waals surface area contributed by atoms with Crippen LogP contribution in [0.1, 0.15) is 41.2 Å². The third-order valence-corrected chi connectivity index (χ3v) is 3.54. The maximum absolute atomic E-state index is 11.9. The van der Waals surface area contributed by atoms with Crippen molar-refractivity contribution in [2.45, 2.75) is 47.5 Å². The molecule has 0 atom stereocenters. The van der Waals surface area contributed by atoms with Crippen molar-refractivity contribution >= 4 is 11.8 Å². The summed E-state index contributed by atoms with van der Waals surface area (Å²) >= 11 is 0. The highest BCUT2D eigenvalue weighted by molar-refractivity contribution is 5.96. The molecule has 0 radical (unpaired) electrons. The number of carbonyl (C=O) groups excluding carboxylic acids is 2. The predicted octanol–water partition coefficient (Wildman–Crippen LogP) is 2.99. The van der Waals surface area contributed by atoms with Gasteiger partial charge in [-0.3, -0.25) is 9.59 Å². The maximum Gasteiger partial charge on any atom is 0.313 e. The lowest BCUT2D eigenvalue weighted by Crippen LogP contribution is -2.14. The van der Waals surface area contributed by atoms with Gasteiger partial charge in [0.05, 0.1) is 6.61 Å². The largest absolute Gasteiger partial charge is 0.466 e. The summed E-state index contributed by atoms with van der Waals surface area (Å²) in [5.41, 5.74) is 5.69. The number of esters is 1. The van der Waals surface area contributed by atoms with Crippen molar-refractivity contribution in [3.8, 4) is 0 Å². The fourth-order valence-electron chi connectivity index (χ4n) is 2.20. The van der Waals surface area contributed by atoms with Crippen LogP contribution >= 0.6 is 0 Å². The minimum atomic E-state index is -0.438. The molecule has 0 aromatic heterocycles. The Bertz CT molecular complexity index is 475. The number of hydrogen-bond donors (Lipinski definition) is 0. The van der Waals surface area contributed by atoms with E-state index < -0.39 is 5.97 Å². The molecule has 0 saturated heterocycles. The molecule has 1 aromatic carbocycles. The first-order valence-corrected chi connectivity index (χ1v) is 6.60. The van der Waals surface area contributed by atoms with E-state index in [2.05, 4.69) is 6.07 Å². The molecule has 19 heavy (non-hydrogen) atoms. The molecule has 0 bridgehead atoms. The summed E-state index contributed by atoms with van der Waals surface area (Å²) in [4.78, 5) is 23.2. The van der Waals surface area contributed by atoms with Crippen LogP contribution in [0.25, 0.3) is 0 Å². The Labute approximate surface area is 115 Å². The first-order chi connectivity index (χ1) is 8.86. The molecule has 0 unspecified atom stereocenters.